The van der Waals surface area contributed by atoms with E-state index in [2.05, 4.69) is 54.9 Å². The molecule has 0 radical (unpaired) electrons. The molecule has 0 bridgehead atoms. The molecule has 0 saturated carbocycles. The number of nitrogens with zero attached hydrogens (tertiary/aromatic N) is 1. The van der Waals surface area contributed by atoms with E-state index in [-0.39, 0.29) is 0 Å². The van der Waals surface area contributed by atoms with E-state index in [1.807, 2.05) is 0 Å². The standard InChI is InChI=1S/C13H22N2Si/c1-4-15(5-2)10-14-13-9-7-6-8-12(13)11(3)16/h6-9,14H,3-5,10H2,1-2,16H3. The molecule has 0 unspecified atom stereocenters. The van der Waals surface area contributed by atoms with Gasteiger partial charge in [-0.1, -0.05) is 37.2 Å². The van der Waals surface area contributed by atoms with Crippen LogP contribution < -0.4 is 5.32 Å². The molecule has 1 rings (SSSR count). The Morgan fingerprint density at radius 1 is 1.31 bits per heavy atom. The highest BCUT2D eigenvalue weighted by molar-refractivity contribution is 6.42. The van der Waals surface area contributed by atoms with Crippen LogP contribution in [-0.4, -0.2) is 34.9 Å². The van der Waals surface area contributed by atoms with Crippen LogP contribution in [0.4, 0.5) is 5.69 Å². The van der Waals surface area contributed by atoms with Crippen molar-refractivity contribution in [1.82, 2.24) is 4.90 Å². The smallest absolute Gasteiger partial charge is 0.0678 e. The first kappa shape index (κ1) is 13.0. The van der Waals surface area contributed by atoms with E-state index in [1.165, 1.54) is 16.4 Å². The van der Waals surface area contributed by atoms with Crippen LogP contribution >= 0.6 is 0 Å². The fourth-order valence-electron chi connectivity index (χ4n) is 1.65. The third kappa shape index (κ3) is 3.50. The highest BCUT2D eigenvalue weighted by Gasteiger charge is 2.03. The number of hydrogen-bond acceptors (Lipinski definition) is 2. The molecule has 0 aliphatic carbocycles. The maximum atomic E-state index is 4.06. The highest BCUT2D eigenvalue weighted by atomic mass is 28.1. The Morgan fingerprint density at radius 2 is 1.94 bits per heavy atom. The van der Waals surface area contributed by atoms with Gasteiger partial charge < -0.3 is 5.32 Å². The summed E-state index contributed by atoms with van der Waals surface area (Å²) in [6.07, 6.45) is 0. The Kier molecular flexibility index (Phi) is 5.29. The topological polar surface area (TPSA) is 15.3 Å². The van der Waals surface area contributed by atoms with Crippen LogP contribution in [0.2, 0.25) is 0 Å². The molecule has 0 aromatic heterocycles. The van der Waals surface area contributed by atoms with Crippen LogP contribution in [0.5, 0.6) is 0 Å². The van der Waals surface area contributed by atoms with E-state index in [0.717, 1.165) is 30.0 Å². The molecular formula is C13H22N2Si. The van der Waals surface area contributed by atoms with Gasteiger partial charge in [-0.25, -0.2) is 0 Å². The van der Waals surface area contributed by atoms with E-state index in [4.69, 9.17) is 0 Å². The molecule has 0 saturated heterocycles. The lowest BCUT2D eigenvalue weighted by molar-refractivity contribution is 0.326. The molecular weight excluding hydrogens is 212 g/mol. The third-order valence-corrected chi connectivity index (χ3v) is 3.31. The summed E-state index contributed by atoms with van der Waals surface area (Å²) in [5, 5.41) is 4.72. The summed E-state index contributed by atoms with van der Waals surface area (Å²) in [6, 6.07) is 8.40. The van der Waals surface area contributed by atoms with Crippen LogP contribution in [0, 0.1) is 0 Å². The molecule has 0 aliphatic heterocycles. The normalized spacial score (nSPS) is 10.7. The number of benzene rings is 1. The van der Waals surface area contributed by atoms with Gasteiger partial charge in [-0.15, -0.1) is 6.58 Å². The molecule has 2 nitrogen and oxygen atoms in total. The SMILES string of the molecule is C=C([SiH3])c1ccccc1NCN(CC)CC. The second-order valence-corrected chi connectivity index (χ2v) is 5.17. The van der Waals surface area contributed by atoms with Crippen molar-refractivity contribution in [3.05, 3.63) is 36.4 Å². The summed E-state index contributed by atoms with van der Waals surface area (Å²) >= 11 is 0. The van der Waals surface area contributed by atoms with Crippen molar-refractivity contribution in [2.45, 2.75) is 13.8 Å². The van der Waals surface area contributed by atoms with Gasteiger partial charge in [0.05, 0.1) is 6.67 Å². The van der Waals surface area contributed by atoms with Gasteiger partial charge in [0.15, 0.2) is 0 Å². The predicted molar refractivity (Wildman–Crippen MR) is 76.8 cm³/mol. The second-order valence-electron chi connectivity index (χ2n) is 3.96. The quantitative estimate of drug-likeness (QED) is 0.596. The first-order valence-electron chi connectivity index (χ1n) is 5.90. The Balaban J connectivity index is 2.69. The lowest BCUT2D eigenvalue weighted by Crippen LogP contribution is -2.29. The van der Waals surface area contributed by atoms with Crippen LogP contribution in [-0.2, 0) is 0 Å². The molecule has 0 aliphatic rings. The maximum Gasteiger partial charge on any atom is 0.0678 e. The van der Waals surface area contributed by atoms with Crippen molar-refractivity contribution in [3.63, 3.8) is 0 Å². The number of hydrogen-bond donors (Lipinski definition) is 1. The van der Waals surface area contributed by atoms with Crippen molar-refractivity contribution in [2.75, 3.05) is 25.1 Å². The zero-order chi connectivity index (χ0) is 12.0. The largest absolute Gasteiger partial charge is 0.372 e. The minimum atomic E-state index is 0.902. The lowest BCUT2D eigenvalue weighted by atomic mass is 10.2. The van der Waals surface area contributed by atoms with E-state index in [0.29, 0.717) is 0 Å². The average molecular weight is 234 g/mol. The Labute approximate surface area is 102 Å². The van der Waals surface area contributed by atoms with Gasteiger partial charge >= 0.3 is 0 Å². The fraction of sp³-hybridized carbons (Fsp3) is 0.385. The number of nitrogens with one attached hydrogen (secondary N) is 1. The molecule has 0 atom stereocenters. The van der Waals surface area contributed by atoms with Gasteiger partial charge in [0.1, 0.15) is 0 Å². The Hall–Kier alpha value is -1.06. The van der Waals surface area contributed by atoms with Gasteiger partial charge in [0.2, 0.25) is 0 Å². The molecule has 0 fully saturated rings. The van der Waals surface area contributed by atoms with E-state index < -0.39 is 0 Å². The minimum Gasteiger partial charge on any atom is -0.372 e. The molecule has 0 heterocycles. The van der Waals surface area contributed by atoms with E-state index >= 15 is 0 Å². The summed E-state index contributed by atoms with van der Waals surface area (Å²) in [4.78, 5) is 2.35. The van der Waals surface area contributed by atoms with Crippen molar-refractivity contribution in [1.29, 1.82) is 0 Å². The summed E-state index contributed by atoms with van der Waals surface area (Å²) in [5.41, 5.74) is 2.47. The van der Waals surface area contributed by atoms with Crippen molar-refractivity contribution in [3.8, 4) is 0 Å². The van der Waals surface area contributed by atoms with Crippen LogP contribution in [0.25, 0.3) is 5.20 Å². The summed E-state index contributed by atoms with van der Waals surface area (Å²) in [5.74, 6) is 0. The zero-order valence-corrected chi connectivity index (χ0v) is 12.6. The van der Waals surface area contributed by atoms with Crippen molar-refractivity contribution in [2.24, 2.45) is 0 Å². The van der Waals surface area contributed by atoms with Gasteiger partial charge in [-0.2, -0.15) is 0 Å². The molecule has 88 valence electrons. The zero-order valence-electron chi connectivity index (χ0n) is 10.6. The molecule has 0 spiro atoms. The highest BCUT2D eigenvalue weighted by Crippen LogP contribution is 2.20. The van der Waals surface area contributed by atoms with Gasteiger partial charge in [-0.05, 0) is 24.7 Å². The predicted octanol–water partition coefficient (Wildman–Crippen LogP) is 1.73. The first-order chi connectivity index (χ1) is 7.69. The first-order valence-corrected chi connectivity index (χ1v) is 6.90. The van der Waals surface area contributed by atoms with Crippen LogP contribution in [0.3, 0.4) is 0 Å². The van der Waals surface area contributed by atoms with Gasteiger partial charge in [0.25, 0.3) is 0 Å². The Bertz CT molecular complexity index is 346. The molecule has 3 heteroatoms. The van der Waals surface area contributed by atoms with Gasteiger partial charge in [-0.3, -0.25) is 4.90 Å². The lowest BCUT2D eigenvalue weighted by Gasteiger charge is -2.20. The van der Waals surface area contributed by atoms with Crippen LogP contribution in [0.15, 0.2) is 30.8 Å². The van der Waals surface area contributed by atoms with Crippen molar-refractivity contribution < 1.29 is 0 Å². The monoisotopic (exact) mass is 234 g/mol. The number of anilines is 1. The summed E-state index contributed by atoms with van der Waals surface area (Å²) in [6.45, 7) is 11.5. The third-order valence-electron chi connectivity index (χ3n) is 2.77. The summed E-state index contributed by atoms with van der Waals surface area (Å²) in [7, 11) is 1.01. The average Bonchev–Trinajstić information content (AvgIpc) is 2.30. The fourth-order valence-corrected chi connectivity index (χ4v) is 2.09. The summed E-state index contributed by atoms with van der Waals surface area (Å²) < 4.78 is 0. The molecule has 1 aromatic rings. The molecule has 0 amide bonds. The molecule has 16 heavy (non-hydrogen) atoms. The van der Waals surface area contributed by atoms with Gasteiger partial charge in [0, 0.05) is 15.9 Å². The van der Waals surface area contributed by atoms with Crippen LogP contribution in [0.1, 0.15) is 19.4 Å². The van der Waals surface area contributed by atoms with E-state index in [1.54, 1.807) is 0 Å². The maximum absolute atomic E-state index is 4.06. The number of para-hydroxylation sites is 1. The molecule has 1 N–H and O–H groups in total. The second kappa shape index (κ2) is 6.50. The number of rotatable bonds is 6. The minimum absolute atomic E-state index is 0.902. The Morgan fingerprint density at radius 3 is 2.50 bits per heavy atom. The van der Waals surface area contributed by atoms with E-state index in [9.17, 15) is 0 Å². The molecule has 1 aromatic carbocycles. The van der Waals surface area contributed by atoms with Crippen molar-refractivity contribution >= 4 is 21.1 Å².